The number of aliphatic hydroxyl groups excluding tert-OH is 3. The lowest BCUT2D eigenvalue weighted by Crippen LogP contribution is -2.69. The second-order valence-electron chi connectivity index (χ2n) is 10.0. The van der Waals surface area contributed by atoms with Crippen LogP contribution in [0.1, 0.15) is 22.8 Å². The van der Waals surface area contributed by atoms with Crippen molar-refractivity contribution < 1.29 is 47.1 Å². The van der Waals surface area contributed by atoms with Gasteiger partial charge in [-0.15, -0.1) is 5.10 Å². The highest BCUT2D eigenvalue weighted by atomic mass is 19.2. The number of hydrogen-bond acceptors (Lipinski definition) is 9. The number of ether oxygens (including phenoxy) is 2. The quantitative estimate of drug-likeness (QED) is 0.201. The Morgan fingerprint density at radius 3 is 2.64 bits per heavy atom. The zero-order valence-electron chi connectivity index (χ0n) is 21.5. The molecule has 15 heteroatoms. The van der Waals surface area contributed by atoms with Crippen LogP contribution in [0, 0.1) is 23.3 Å². The Bertz CT molecular complexity index is 1650. The molecular formula is C27H23F4N5O6. The van der Waals surface area contributed by atoms with Gasteiger partial charge in [0.25, 0.3) is 5.91 Å². The van der Waals surface area contributed by atoms with Crippen LogP contribution in [0.15, 0.2) is 48.8 Å². The van der Waals surface area contributed by atoms with E-state index >= 15 is 0 Å². The van der Waals surface area contributed by atoms with Crippen LogP contribution in [-0.2, 0) is 9.47 Å². The van der Waals surface area contributed by atoms with E-state index in [9.17, 15) is 37.7 Å². The van der Waals surface area contributed by atoms with E-state index in [1.807, 2.05) is 0 Å². The van der Waals surface area contributed by atoms with Crippen LogP contribution in [0.2, 0.25) is 0 Å². The van der Waals surface area contributed by atoms with Crippen molar-refractivity contribution in [2.24, 2.45) is 0 Å². The number of nitrogens with one attached hydrogen (secondary N) is 1. The summed E-state index contributed by atoms with van der Waals surface area (Å²) in [5.74, 6) is -7.84. The van der Waals surface area contributed by atoms with Crippen molar-refractivity contribution in [1.82, 2.24) is 25.3 Å². The highest BCUT2D eigenvalue weighted by molar-refractivity contribution is 6.06. The van der Waals surface area contributed by atoms with Gasteiger partial charge in [-0.2, -0.15) is 0 Å². The zero-order chi connectivity index (χ0) is 29.8. The number of aromatic nitrogens is 4. The van der Waals surface area contributed by atoms with E-state index in [0.29, 0.717) is 17.6 Å². The fourth-order valence-electron chi connectivity index (χ4n) is 5.50. The molecule has 2 saturated heterocycles. The summed E-state index contributed by atoms with van der Waals surface area (Å²) in [7, 11) is 0. The van der Waals surface area contributed by atoms with Crippen molar-refractivity contribution in [3.05, 3.63) is 77.6 Å². The van der Waals surface area contributed by atoms with Gasteiger partial charge in [0.15, 0.2) is 17.5 Å². The number of carbonyl (C=O) groups is 1. The first-order valence-corrected chi connectivity index (χ1v) is 12.8. The number of nitrogens with zero attached hydrogens (tertiary/aromatic N) is 4. The van der Waals surface area contributed by atoms with Crippen molar-refractivity contribution in [2.45, 2.75) is 42.6 Å². The van der Waals surface area contributed by atoms with E-state index in [-0.39, 0.29) is 35.2 Å². The van der Waals surface area contributed by atoms with Crippen LogP contribution in [-0.4, -0.2) is 84.6 Å². The second-order valence-corrected chi connectivity index (χ2v) is 10.0. The Morgan fingerprint density at radius 1 is 1.14 bits per heavy atom. The van der Waals surface area contributed by atoms with E-state index in [2.05, 4.69) is 20.6 Å². The molecule has 2 fully saturated rings. The van der Waals surface area contributed by atoms with Crippen molar-refractivity contribution in [1.29, 1.82) is 0 Å². The molecule has 2 aliphatic rings. The Balaban J connectivity index is 1.33. The maximum atomic E-state index is 13.9. The molecule has 6 rings (SSSR count). The molecule has 2 aromatic heterocycles. The lowest BCUT2D eigenvalue weighted by molar-refractivity contribution is -0.344. The van der Waals surface area contributed by atoms with Crippen LogP contribution in [0.3, 0.4) is 0 Å². The van der Waals surface area contributed by atoms with Crippen molar-refractivity contribution in [2.75, 3.05) is 13.2 Å². The summed E-state index contributed by atoms with van der Waals surface area (Å²) in [5.41, 5.74) is 0.205. The van der Waals surface area contributed by atoms with Crippen LogP contribution in [0.5, 0.6) is 0 Å². The van der Waals surface area contributed by atoms with Gasteiger partial charge in [-0.05, 0) is 36.8 Å². The number of amides is 1. The van der Waals surface area contributed by atoms with Gasteiger partial charge >= 0.3 is 0 Å². The lowest BCUT2D eigenvalue weighted by atomic mass is 9.86. The summed E-state index contributed by atoms with van der Waals surface area (Å²) in [6.07, 6.45) is -2.31. The first kappa shape index (κ1) is 28.1. The maximum absolute atomic E-state index is 13.9. The van der Waals surface area contributed by atoms with Gasteiger partial charge in [-0.3, -0.25) is 9.78 Å². The molecule has 11 nitrogen and oxygen atoms in total. The summed E-state index contributed by atoms with van der Waals surface area (Å²) in [4.78, 5) is 17.4. The first-order valence-electron chi connectivity index (χ1n) is 12.8. The molecule has 0 unspecified atom stereocenters. The minimum absolute atomic E-state index is 0.00539. The molecule has 1 amide bonds. The largest absolute Gasteiger partial charge is 0.394 e. The minimum atomic E-state index is -1.98. The third-order valence-corrected chi connectivity index (χ3v) is 7.54. The standard InChI is InChI=1S/C27H23F4N5O6/c28-13-8-15-14(2-1-3-18(15)32-9-13)26(40)33-21-4-5-41-27(21)25(39)23(24(38)20(11-37)42-27)36-10-19(34-35-36)12-6-16(29)22(31)17(30)7-12/h1-3,6-10,20-21,23-25,37-39H,4-5,11H2,(H,33,40)/t20-,21-,23+,24+,25-,27+/m1/s1. The number of hydrogen-bond donors (Lipinski definition) is 4. The fourth-order valence-corrected chi connectivity index (χ4v) is 5.50. The second kappa shape index (κ2) is 10.7. The Kier molecular flexibility index (Phi) is 7.14. The number of rotatable bonds is 5. The highest BCUT2D eigenvalue weighted by Gasteiger charge is 2.62. The molecule has 4 heterocycles. The van der Waals surface area contributed by atoms with E-state index in [1.165, 1.54) is 12.1 Å². The molecule has 0 radical (unpaired) electrons. The van der Waals surface area contributed by atoms with Gasteiger partial charge < -0.3 is 30.1 Å². The molecule has 0 aliphatic carbocycles. The molecule has 2 aromatic carbocycles. The molecular weight excluding hydrogens is 566 g/mol. The van der Waals surface area contributed by atoms with Crippen LogP contribution >= 0.6 is 0 Å². The molecule has 0 bridgehead atoms. The van der Waals surface area contributed by atoms with Gasteiger partial charge in [-0.25, -0.2) is 22.2 Å². The van der Waals surface area contributed by atoms with Crippen LogP contribution < -0.4 is 5.32 Å². The predicted molar refractivity (Wildman–Crippen MR) is 135 cm³/mol. The molecule has 6 atom stereocenters. The van der Waals surface area contributed by atoms with Gasteiger partial charge in [0.2, 0.25) is 5.79 Å². The monoisotopic (exact) mass is 589 g/mol. The smallest absolute Gasteiger partial charge is 0.252 e. The third-order valence-electron chi connectivity index (χ3n) is 7.54. The molecule has 42 heavy (non-hydrogen) atoms. The molecule has 2 aliphatic heterocycles. The highest BCUT2D eigenvalue weighted by Crippen LogP contribution is 2.43. The van der Waals surface area contributed by atoms with Gasteiger partial charge in [-0.1, -0.05) is 11.3 Å². The Hall–Kier alpha value is -4.02. The molecule has 4 N–H and O–H groups in total. The van der Waals surface area contributed by atoms with Crippen molar-refractivity contribution in [3.63, 3.8) is 0 Å². The number of aliphatic hydroxyl groups is 3. The number of pyridine rings is 1. The SMILES string of the molecule is O=C(N[C@@H]1CCO[C@]12O[C@H](CO)[C@H](O)[C@H](n1cc(-c3cc(F)c(F)c(F)c3)nn1)[C@H]2O)c1cccc2ncc(F)cc12. The number of benzene rings is 2. The number of halogens is 4. The van der Waals surface area contributed by atoms with Gasteiger partial charge in [0.05, 0.1) is 37.2 Å². The summed E-state index contributed by atoms with van der Waals surface area (Å²) < 4.78 is 67.7. The van der Waals surface area contributed by atoms with Gasteiger partial charge in [0.1, 0.15) is 35.9 Å². The average Bonchev–Trinajstić information content (AvgIpc) is 3.61. The Morgan fingerprint density at radius 2 is 1.90 bits per heavy atom. The van der Waals surface area contributed by atoms with E-state index in [0.717, 1.165) is 17.1 Å². The van der Waals surface area contributed by atoms with E-state index < -0.39 is 72.0 Å². The van der Waals surface area contributed by atoms with Crippen molar-refractivity contribution in [3.8, 4) is 11.3 Å². The molecule has 220 valence electrons. The van der Waals surface area contributed by atoms with Crippen LogP contribution in [0.4, 0.5) is 17.6 Å². The summed E-state index contributed by atoms with van der Waals surface area (Å²) in [5, 5.41) is 43.3. The van der Waals surface area contributed by atoms with E-state index in [1.54, 1.807) is 12.1 Å². The topological polar surface area (TPSA) is 152 Å². The molecule has 4 aromatic rings. The third kappa shape index (κ3) is 4.59. The summed E-state index contributed by atoms with van der Waals surface area (Å²) >= 11 is 0. The lowest BCUT2D eigenvalue weighted by Gasteiger charge is -2.49. The van der Waals surface area contributed by atoms with Crippen molar-refractivity contribution >= 4 is 16.8 Å². The van der Waals surface area contributed by atoms with Gasteiger partial charge in [0, 0.05) is 16.5 Å². The number of fused-ring (bicyclic) bond motifs is 1. The average molecular weight is 590 g/mol. The maximum Gasteiger partial charge on any atom is 0.252 e. The normalized spacial score (nSPS) is 27.5. The molecule has 1 spiro atoms. The predicted octanol–water partition coefficient (Wildman–Crippen LogP) is 1.62. The van der Waals surface area contributed by atoms with Crippen LogP contribution in [0.25, 0.3) is 22.2 Å². The Labute approximate surface area is 234 Å². The first-order chi connectivity index (χ1) is 20.1. The fraction of sp³-hybridized carbons (Fsp3) is 0.333. The minimum Gasteiger partial charge on any atom is -0.394 e. The zero-order valence-corrected chi connectivity index (χ0v) is 21.5. The number of carbonyl (C=O) groups excluding carboxylic acids is 1. The molecule has 0 saturated carbocycles. The van der Waals surface area contributed by atoms with E-state index in [4.69, 9.17) is 9.47 Å². The summed E-state index contributed by atoms with van der Waals surface area (Å²) in [6.45, 7) is -0.716. The summed E-state index contributed by atoms with van der Waals surface area (Å²) in [6, 6.07) is 4.83.